The van der Waals surface area contributed by atoms with Crippen molar-refractivity contribution in [3.05, 3.63) is 48.2 Å². The second-order valence-corrected chi connectivity index (χ2v) is 4.06. The Bertz CT molecular complexity index is 505. The molecule has 2 heterocycles. The van der Waals surface area contributed by atoms with E-state index < -0.39 is 0 Å². The summed E-state index contributed by atoms with van der Waals surface area (Å²) in [6.45, 7) is 0. The van der Waals surface area contributed by atoms with Crippen molar-refractivity contribution in [1.29, 1.82) is 0 Å². The van der Waals surface area contributed by atoms with Crippen molar-refractivity contribution >= 4 is 0 Å². The van der Waals surface area contributed by atoms with E-state index in [1.807, 2.05) is 12.1 Å². The van der Waals surface area contributed by atoms with Crippen molar-refractivity contribution in [2.24, 2.45) is 5.84 Å². The number of hydrazine groups is 1. The highest BCUT2D eigenvalue weighted by Gasteiger charge is 2.17. The van der Waals surface area contributed by atoms with Gasteiger partial charge in [-0.25, -0.2) is 4.98 Å². The smallest absolute Gasteiger partial charge is 0.237 e. The number of nitrogens with one attached hydrogen (secondary N) is 1. The molecule has 2 aromatic rings. The van der Waals surface area contributed by atoms with Crippen LogP contribution >= 0.6 is 0 Å². The molecule has 0 spiro atoms. The number of nitrogens with zero attached hydrogens (tertiary/aromatic N) is 3. The predicted octanol–water partition coefficient (Wildman–Crippen LogP) is 1.02. The largest absolute Gasteiger partial charge is 0.480 e. The molecule has 0 fully saturated rings. The molecule has 100 valence electrons. The van der Waals surface area contributed by atoms with Crippen molar-refractivity contribution in [1.82, 2.24) is 20.4 Å². The molecule has 0 aliphatic heterocycles. The normalized spacial score (nSPS) is 12.1. The van der Waals surface area contributed by atoms with E-state index in [0.717, 1.165) is 18.5 Å². The van der Waals surface area contributed by atoms with Crippen LogP contribution in [-0.4, -0.2) is 22.1 Å². The number of ether oxygens (including phenoxy) is 1. The van der Waals surface area contributed by atoms with Gasteiger partial charge in [-0.15, -0.1) is 0 Å². The number of pyridine rings is 1. The van der Waals surface area contributed by atoms with Gasteiger partial charge in [0, 0.05) is 24.8 Å². The quantitative estimate of drug-likeness (QED) is 0.595. The van der Waals surface area contributed by atoms with Crippen LogP contribution in [0.1, 0.15) is 23.7 Å². The molecule has 6 nitrogen and oxygen atoms in total. The molecule has 3 N–H and O–H groups in total. The standard InChI is InChI=1S/C13H17N5O/c1-19-13-12(16-8-9-17-13)11(18-14)3-2-10-4-6-15-7-5-10/h4-9,11,18H,2-3,14H2,1H3. The SMILES string of the molecule is COc1nccnc1C(CCc1ccncc1)NN. The van der Waals surface area contributed by atoms with Gasteiger partial charge in [-0.1, -0.05) is 0 Å². The molecule has 0 saturated heterocycles. The third-order valence-corrected chi connectivity index (χ3v) is 2.89. The summed E-state index contributed by atoms with van der Waals surface area (Å²) in [5.74, 6) is 6.11. The van der Waals surface area contributed by atoms with Crippen molar-refractivity contribution in [2.45, 2.75) is 18.9 Å². The van der Waals surface area contributed by atoms with Gasteiger partial charge in [0.2, 0.25) is 5.88 Å². The van der Waals surface area contributed by atoms with Crippen molar-refractivity contribution in [2.75, 3.05) is 7.11 Å². The minimum atomic E-state index is -0.100. The maximum absolute atomic E-state index is 5.61. The van der Waals surface area contributed by atoms with E-state index in [9.17, 15) is 0 Å². The molecule has 1 atom stereocenters. The van der Waals surface area contributed by atoms with Crippen molar-refractivity contribution in [3.63, 3.8) is 0 Å². The average molecular weight is 259 g/mol. The molecule has 0 bridgehead atoms. The van der Waals surface area contributed by atoms with E-state index in [1.165, 1.54) is 5.56 Å². The van der Waals surface area contributed by atoms with E-state index in [1.54, 1.807) is 31.9 Å². The molecular weight excluding hydrogens is 242 g/mol. The molecule has 0 aliphatic carbocycles. The van der Waals surface area contributed by atoms with Crippen LogP contribution in [0.5, 0.6) is 5.88 Å². The molecule has 0 saturated carbocycles. The Morgan fingerprint density at radius 3 is 2.63 bits per heavy atom. The van der Waals surface area contributed by atoms with E-state index in [4.69, 9.17) is 10.6 Å². The molecule has 2 rings (SSSR count). The zero-order chi connectivity index (χ0) is 13.5. The number of methoxy groups -OCH3 is 1. The molecule has 0 radical (unpaired) electrons. The van der Waals surface area contributed by atoms with Crippen LogP contribution in [0.3, 0.4) is 0 Å². The van der Waals surface area contributed by atoms with Gasteiger partial charge in [-0.2, -0.15) is 0 Å². The summed E-state index contributed by atoms with van der Waals surface area (Å²) in [7, 11) is 1.57. The molecule has 6 heteroatoms. The van der Waals surface area contributed by atoms with Crippen LogP contribution in [0.4, 0.5) is 0 Å². The monoisotopic (exact) mass is 259 g/mol. The third kappa shape index (κ3) is 3.46. The number of nitrogens with two attached hydrogens (primary N) is 1. The molecule has 0 aliphatic rings. The van der Waals surface area contributed by atoms with Crippen LogP contribution in [0.25, 0.3) is 0 Å². The zero-order valence-corrected chi connectivity index (χ0v) is 10.8. The van der Waals surface area contributed by atoms with Crippen molar-refractivity contribution < 1.29 is 4.74 Å². The second-order valence-electron chi connectivity index (χ2n) is 4.06. The van der Waals surface area contributed by atoms with Gasteiger partial charge in [-0.05, 0) is 30.5 Å². The van der Waals surface area contributed by atoms with E-state index in [0.29, 0.717) is 5.88 Å². The molecule has 1 unspecified atom stereocenters. The van der Waals surface area contributed by atoms with Crippen LogP contribution in [0, 0.1) is 0 Å². The fourth-order valence-electron chi connectivity index (χ4n) is 1.89. The molecule has 2 aromatic heterocycles. The van der Waals surface area contributed by atoms with Gasteiger partial charge >= 0.3 is 0 Å². The highest BCUT2D eigenvalue weighted by molar-refractivity contribution is 5.21. The predicted molar refractivity (Wildman–Crippen MR) is 71.2 cm³/mol. The fraction of sp³-hybridized carbons (Fsp3) is 0.308. The first-order chi connectivity index (χ1) is 9.35. The summed E-state index contributed by atoms with van der Waals surface area (Å²) in [4.78, 5) is 12.4. The molecule has 0 amide bonds. The lowest BCUT2D eigenvalue weighted by Crippen LogP contribution is -2.29. The van der Waals surface area contributed by atoms with E-state index in [2.05, 4.69) is 20.4 Å². The van der Waals surface area contributed by atoms with Gasteiger partial charge in [0.05, 0.1) is 13.2 Å². The Balaban J connectivity index is 2.08. The first kappa shape index (κ1) is 13.4. The Labute approximate surface area is 112 Å². The first-order valence-corrected chi connectivity index (χ1v) is 6.05. The minimum absolute atomic E-state index is 0.100. The summed E-state index contributed by atoms with van der Waals surface area (Å²) >= 11 is 0. The maximum atomic E-state index is 5.61. The number of hydrogen-bond donors (Lipinski definition) is 2. The molecular formula is C13H17N5O. The Morgan fingerprint density at radius 1 is 1.21 bits per heavy atom. The van der Waals surface area contributed by atoms with Crippen LogP contribution in [-0.2, 0) is 6.42 Å². The fourth-order valence-corrected chi connectivity index (χ4v) is 1.89. The number of aromatic nitrogens is 3. The van der Waals surface area contributed by atoms with Crippen LogP contribution in [0.2, 0.25) is 0 Å². The van der Waals surface area contributed by atoms with Gasteiger partial charge < -0.3 is 4.74 Å². The molecule has 0 aromatic carbocycles. The van der Waals surface area contributed by atoms with Gasteiger partial charge in [-0.3, -0.25) is 21.2 Å². The number of rotatable bonds is 6. The Morgan fingerprint density at radius 2 is 1.95 bits per heavy atom. The second kappa shape index (κ2) is 6.77. The van der Waals surface area contributed by atoms with Crippen molar-refractivity contribution in [3.8, 4) is 5.88 Å². The lowest BCUT2D eigenvalue weighted by molar-refractivity contribution is 0.374. The minimum Gasteiger partial charge on any atom is -0.480 e. The molecule has 19 heavy (non-hydrogen) atoms. The lowest BCUT2D eigenvalue weighted by atomic mass is 10.0. The Hall–Kier alpha value is -2.05. The van der Waals surface area contributed by atoms with Gasteiger partial charge in [0.15, 0.2) is 0 Å². The first-order valence-electron chi connectivity index (χ1n) is 6.05. The third-order valence-electron chi connectivity index (χ3n) is 2.89. The van der Waals surface area contributed by atoms with E-state index in [-0.39, 0.29) is 6.04 Å². The lowest BCUT2D eigenvalue weighted by Gasteiger charge is -2.16. The van der Waals surface area contributed by atoms with E-state index >= 15 is 0 Å². The number of aryl methyl sites for hydroxylation is 1. The highest BCUT2D eigenvalue weighted by Crippen LogP contribution is 2.23. The summed E-state index contributed by atoms with van der Waals surface area (Å²) in [6, 6.07) is 3.87. The summed E-state index contributed by atoms with van der Waals surface area (Å²) in [5.41, 5.74) is 4.70. The van der Waals surface area contributed by atoms with Crippen LogP contribution < -0.4 is 16.0 Å². The Kier molecular flexibility index (Phi) is 4.77. The number of hydrogen-bond acceptors (Lipinski definition) is 6. The maximum Gasteiger partial charge on any atom is 0.237 e. The summed E-state index contributed by atoms with van der Waals surface area (Å²) in [5, 5.41) is 0. The van der Waals surface area contributed by atoms with Gasteiger partial charge in [0.25, 0.3) is 0 Å². The topological polar surface area (TPSA) is 86.0 Å². The average Bonchev–Trinajstić information content (AvgIpc) is 2.49. The zero-order valence-electron chi connectivity index (χ0n) is 10.8. The summed E-state index contributed by atoms with van der Waals surface area (Å²) < 4.78 is 5.20. The van der Waals surface area contributed by atoms with Crippen LogP contribution in [0.15, 0.2) is 36.9 Å². The highest BCUT2D eigenvalue weighted by atomic mass is 16.5. The van der Waals surface area contributed by atoms with Gasteiger partial charge in [0.1, 0.15) is 5.69 Å². The summed E-state index contributed by atoms with van der Waals surface area (Å²) in [6.07, 6.45) is 8.46.